The second kappa shape index (κ2) is 12.7. The number of carbonyl (C=O) groups is 1. The minimum absolute atomic E-state index is 0.106. The number of aliphatic hydroxyl groups excluding tert-OH is 1. The summed E-state index contributed by atoms with van der Waals surface area (Å²) < 4.78 is 16.7. The summed E-state index contributed by atoms with van der Waals surface area (Å²) in [6, 6.07) is 3.59. The van der Waals surface area contributed by atoms with Gasteiger partial charge >= 0.3 is 0 Å². The molecule has 0 bridgehead atoms. The molecule has 0 aromatic heterocycles. The van der Waals surface area contributed by atoms with E-state index in [0.717, 1.165) is 56.0 Å². The SMILES string of the molecule is CCCCN1C(O)C(CC2CCCCC2)NC(=O)C12CCN(Cc1c(OC)cc(OC)cc1OC)CC2. The van der Waals surface area contributed by atoms with Crippen molar-refractivity contribution >= 4 is 5.91 Å². The topological polar surface area (TPSA) is 83.5 Å². The Morgan fingerprint density at radius 1 is 1.03 bits per heavy atom. The van der Waals surface area contributed by atoms with Crippen LogP contribution in [0.15, 0.2) is 12.1 Å². The molecule has 2 aliphatic heterocycles. The Hall–Kier alpha value is -2.03. The molecule has 2 unspecified atom stereocenters. The van der Waals surface area contributed by atoms with E-state index in [9.17, 15) is 9.90 Å². The van der Waals surface area contributed by atoms with E-state index in [4.69, 9.17) is 14.2 Å². The molecule has 8 nitrogen and oxygen atoms in total. The van der Waals surface area contributed by atoms with E-state index >= 15 is 0 Å². The number of unbranched alkanes of at least 4 members (excludes halogenated alkanes) is 1. The molecule has 8 heteroatoms. The first-order valence-electron chi connectivity index (χ1n) is 14.2. The minimum Gasteiger partial charge on any atom is -0.496 e. The number of benzene rings is 1. The van der Waals surface area contributed by atoms with E-state index < -0.39 is 11.8 Å². The van der Waals surface area contributed by atoms with Gasteiger partial charge in [-0.1, -0.05) is 45.4 Å². The molecular weight excluding hydrogens is 470 g/mol. The number of piperazine rings is 1. The van der Waals surface area contributed by atoms with Crippen LogP contribution in [0.3, 0.4) is 0 Å². The van der Waals surface area contributed by atoms with Crippen LogP contribution in [0, 0.1) is 5.92 Å². The number of nitrogens with zero attached hydrogens (tertiary/aromatic N) is 2. The molecule has 2 saturated heterocycles. The maximum absolute atomic E-state index is 13.7. The van der Waals surface area contributed by atoms with E-state index in [2.05, 4.69) is 22.0 Å². The summed E-state index contributed by atoms with van der Waals surface area (Å²) in [4.78, 5) is 18.3. The number of aliphatic hydroxyl groups is 1. The lowest BCUT2D eigenvalue weighted by Gasteiger charge is -2.54. The first kappa shape index (κ1) is 28.0. The van der Waals surface area contributed by atoms with Crippen molar-refractivity contribution in [3.8, 4) is 17.2 Å². The summed E-state index contributed by atoms with van der Waals surface area (Å²) in [6.45, 7) is 5.10. The average molecular weight is 518 g/mol. The molecule has 1 spiro atoms. The fourth-order valence-electron chi connectivity index (χ4n) is 6.67. The van der Waals surface area contributed by atoms with Crippen LogP contribution in [0.5, 0.6) is 17.2 Å². The third kappa shape index (κ3) is 6.02. The van der Waals surface area contributed by atoms with Gasteiger partial charge in [0.15, 0.2) is 0 Å². The summed E-state index contributed by atoms with van der Waals surface area (Å²) in [5.41, 5.74) is 0.327. The maximum atomic E-state index is 13.7. The summed E-state index contributed by atoms with van der Waals surface area (Å²) in [7, 11) is 4.95. The average Bonchev–Trinajstić information content (AvgIpc) is 2.93. The van der Waals surface area contributed by atoms with Crippen molar-refractivity contribution < 1.29 is 24.1 Å². The van der Waals surface area contributed by atoms with Crippen molar-refractivity contribution in [2.75, 3.05) is 41.0 Å². The van der Waals surface area contributed by atoms with Crippen LogP contribution in [0.2, 0.25) is 0 Å². The number of rotatable bonds is 10. The summed E-state index contributed by atoms with van der Waals surface area (Å²) in [5.74, 6) is 2.87. The van der Waals surface area contributed by atoms with E-state index in [1.165, 1.54) is 32.1 Å². The minimum atomic E-state index is -0.651. The molecule has 1 amide bonds. The van der Waals surface area contributed by atoms with Gasteiger partial charge in [0.25, 0.3) is 0 Å². The Morgan fingerprint density at radius 2 is 1.68 bits per heavy atom. The van der Waals surface area contributed by atoms with Gasteiger partial charge in [-0.05, 0) is 31.6 Å². The fraction of sp³-hybridized carbons (Fsp3) is 0.759. The van der Waals surface area contributed by atoms with Crippen LogP contribution < -0.4 is 19.5 Å². The summed E-state index contributed by atoms with van der Waals surface area (Å²) in [6.07, 6.45) is 9.94. The Balaban J connectivity index is 1.48. The number of piperidine rings is 1. The molecule has 1 saturated carbocycles. The Morgan fingerprint density at radius 3 is 2.24 bits per heavy atom. The summed E-state index contributed by atoms with van der Waals surface area (Å²) in [5, 5.41) is 14.9. The van der Waals surface area contributed by atoms with Crippen LogP contribution in [0.4, 0.5) is 0 Å². The number of ether oxygens (including phenoxy) is 3. The number of hydrogen-bond donors (Lipinski definition) is 2. The number of hydrogen-bond acceptors (Lipinski definition) is 7. The standard InChI is InChI=1S/C29H47N3O5/c1-5-6-14-32-27(33)24(17-21-10-8-7-9-11-21)30-28(34)29(32)12-15-31(16-13-29)20-23-25(36-3)18-22(35-2)19-26(23)37-4/h18-19,21,24,27,33H,5-17,20H2,1-4H3,(H,30,34). The van der Waals surface area contributed by atoms with Crippen molar-refractivity contribution in [2.45, 2.75) is 95.5 Å². The highest BCUT2D eigenvalue weighted by molar-refractivity contribution is 5.87. The Kier molecular flexibility index (Phi) is 9.59. The van der Waals surface area contributed by atoms with Gasteiger partial charge < -0.3 is 24.6 Å². The van der Waals surface area contributed by atoms with Crippen LogP contribution in [-0.2, 0) is 11.3 Å². The van der Waals surface area contributed by atoms with Gasteiger partial charge in [0.2, 0.25) is 5.91 Å². The quantitative estimate of drug-likeness (QED) is 0.486. The van der Waals surface area contributed by atoms with Crippen molar-refractivity contribution in [1.29, 1.82) is 0 Å². The number of methoxy groups -OCH3 is 3. The molecule has 208 valence electrons. The largest absolute Gasteiger partial charge is 0.496 e. The van der Waals surface area contributed by atoms with Crippen LogP contribution in [0.25, 0.3) is 0 Å². The van der Waals surface area contributed by atoms with E-state index in [-0.39, 0.29) is 11.9 Å². The van der Waals surface area contributed by atoms with Gasteiger partial charge in [0.1, 0.15) is 29.0 Å². The number of amides is 1. The smallest absolute Gasteiger partial charge is 0.241 e. The van der Waals surface area contributed by atoms with E-state index in [1.807, 2.05) is 12.1 Å². The predicted octanol–water partition coefficient (Wildman–Crippen LogP) is 3.94. The molecule has 2 N–H and O–H groups in total. The van der Waals surface area contributed by atoms with E-state index in [0.29, 0.717) is 31.1 Å². The van der Waals surface area contributed by atoms with Gasteiger partial charge in [-0.2, -0.15) is 0 Å². The van der Waals surface area contributed by atoms with Crippen LogP contribution >= 0.6 is 0 Å². The highest BCUT2D eigenvalue weighted by Gasteiger charge is 2.53. The lowest BCUT2D eigenvalue weighted by molar-refractivity contribution is -0.171. The lowest BCUT2D eigenvalue weighted by Crippen LogP contribution is -2.74. The second-order valence-corrected chi connectivity index (χ2v) is 11.1. The first-order chi connectivity index (χ1) is 17.9. The molecule has 3 aliphatic rings. The first-order valence-corrected chi connectivity index (χ1v) is 14.2. The van der Waals surface area contributed by atoms with Crippen LogP contribution in [0.1, 0.15) is 76.7 Å². The lowest BCUT2D eigenvalue weighted by atomic mass is 9.78. The van der Waals surface area contributed by atoms with Crippen LogP contribution in [-0.4, -0.2) is 79.6 Å². The third-order valence-electron chi connectivity index (χ3n) is 8.91. The van der Waals surface area contributed by atoms with Crippen molar-refractivity contribution in [2.24, 2.45) is 5.92 Å². The molecule has 0 radical (unpaired) electrons. The van der Waals surface area contributed by atoms with Crippen molar-refractivity contribution in [3.05, 3.63) is 17.7 Å². The molecule has 3 fully saturated rings. The molecule has 2 atom stereocenters. The number of likely N-dealkylation sites (tertiary alicyclic amines) is 1. The Labute approximate surface area is 222 Å². The van der Waals surface area contributed by atoms with Gasteiger partial charge in [0.05, 0.1) is 32.9 Å². The van der Waals surface area contributed by atoms with Gasteiger partial charge in [-0.15, -0.1) is 0 Å². The highest BCUT2D eigenvalue weighted by Crippen LogP contribution is 2.40. The zero-order valence-corrected chi connectivity index (χ0v) is 23.3. The summed E-state index contributed by atoms with van der Waals surface area (Å²) >= 11 is 0. The fourth-order valence-corrected chi connectivity index (χ4v) is 6.67. The molecular formula is C29H47N3O5. The molecule has 1 aliphatic carbocycles. The predicted molar refractivity (Wildman–Crippen MR) is 144 cm³/mol. The van der Waals surface area contributed by atoms with E-state index in [1.54, 1.807) is 21.3 Å². The molecule has 1 aromatic carbocycles. The zero-order valence-electron chi connectivity index (χ0n) is 23.3. The highest BCUT2D eigenvalue weighted by atomic mass is 16.5. The van der Waals surface area contributed by atoms with Gasteiger partial charge in [-0.3, -0.25) is 14.6 Å². The molecule has 37 heavy (non-hydrogen) atoms. The molecule has 4 rings (SSSR count). The molecule has 2 heterocycles. The normalized spacial score (nSPS) is 25.2. The maximum Gasteiger partial charge on any atom is 0.241 e. The third-order valence-corrected chi connectivity index (χ3v) is 8.91. The second-order valence-electron chi connectivity index (χ2n) is 11.1. The Bertz CT molecular complexity index is 871. The van der Waals surface area contributed by atoms with Crippen molar-refractivity contribution in [3.63, 3.8) is 0 Å². The zero-order chi connectivity index (χ0) is 26.4. The molecule has 1 aromatic rings. The number of carbonyl (C=O) groups excluding carboxylic acids is 1. The monoisotopic (exact) mass is 517 g/mol. The van der Waals surface area contributed by atoms with Crippen molar-refractivity contribution in [1.82, 2.24) is 15.1 Å². The van der Waals surface area contributed by atoms with Gasteiger partial charge in [0, 0.05) is 38.3 Å². The number of nitrogens with one attached hydrogen (secondary N) is 1. The van der Waals surface area contributed by atoms with Gasteiger partial charge in [-0.25, -0.2) is 0 Å².